The fourth-order valence-electron chi connectivity index (χ4n) is 4.71. The average molecular weight is 422 g/mol. The van der Waals surface area contributed by atoms with Crippen LogP contribution in [0.4, 0.5) is 10.2 Å². The molecule has 0 unspecified atom stereocenters. The Balaban J connectivity index is 1.55. The largest absolute Gasteiger partial charge is 0.508 e. The second-order valence-electron chi connectivity index (χ2n) is 7.78. The highest BCUT2D eigenvalue weighted by Gasteiger charge is 2.43. The molecule has 2 aromatic carbocycles. The summed E-state index contributed by atoms with van der Waals surface area (Å²) in [5.41, 5.74) is 0.743. The van der Waals surface area contributed by atoms with Crippen LogP contribution in [0.25, 0.3) is 32.9 Å². The van der Waals surface area contributed by atoms with E-state index in [2.05, 4.69) is 25.2 Å². The van der Waals surface area contributed by atoms with Crippen molar-refractivity contribution >= 4 is 39.1 Å². The molecule has 8 heteroatoms. The number of nitrogens with one attached hydrogen (secondary N) is 1. The molecule has 2 atom stereocenters. The van der Waals surface area contributed by atoms with Gasteiger partial charge in [-0.25, -0.2) is 14.4 Å². The van der Waals surface area contributed by atoms with Crippen LogP contribution in [0.2, 0.25) is 5.02 Å². The molecule has 0 saturated carbocycles. The van der Waals surface area contributed by atoms with Crippen molar-refractivity contribution in [2.24, 2.45) is 0 Å². The molecule has 2 aliphatic rings. The maximum Gasteiger partial charge on any atom is 0.175 e. The molecule has 4 heterocycles. The van der Waals surface area contributed by atoms with Crippen molar-refractivity contribution in [2.75, 3.05) is 18.0 Å². The third-order valence-corrected chi connectivity index (χ3v) is 6.46. The molecule has 2 saturated heterocycles. The zero-order chi connectivity index (χ0) is 20.4. The van der Waals surface area contributed by atoms with Crippen LogP contribution in [0, 0.1) is 5.82 Å². The highest BCUT2D eigenvalue weighted by molar-refractivity contribution is 6.36. The Morgan fingerprint density at radius 1 is 1.20 bits per heavy atom. The van der Waals surface area contributed by atoms with Gasteiger partial charge in [-0.1, -0.05) is 23.7 Å². The summed E-state index contributed by atoms with van der Waals surface area (Å²) >= 11 is 6.41. The predicted molar refractivity (Wildman–Crippen MR) is 114 cm³/mol. The summed E-state index contributed by atoms with van der Waals surface area (Å²) in [5, 5.41) is 16.0. The van der Waals surface area contributed by atoms with E-state index in [0.717, 1.165) is 19.5 Å². The van der Waals surface area contributed by atoms with Crippen molar-refractivity contribution in [3.8, 4) is 17.0 Å². The van der Waals surface area contributed by atoms with Crippen molar-refractivity contribution < 1.29 is 9.50 Å². The number of phenolic OH excluding ortho intramolecular Hbond substituents is 1. The molecule has 2 aromatic heterocycles. The van der Waals surface area contributed by atoms with Gasteiger partial charge in [0, 0.05) is 40.8 Å². The lowest BCUT2D eigenvalue weighted by Gasteiger charge is -2.45. The lowest BCUT2D eigenvalue weighted by molar-refractivity contribution is 0.394. The Bertz CT molecular complexity index is 1330. The van der Waals surface area contributed by atoms with Gasteiger partial charge in [-0.05, 0) is 36.6 Å². The summed E-state index contributed by atoms with van der Waals surface area (Å²) in [4.78, 5) is 15.3. The first kappa shape index (κ1) is 17.8. The lowest BCUT2D eigenvalue weighted by atomic mass is 9.97. The quantitative estimate of drug-likeness (QED) is 0.511. The van der Waals surface area contributed by atoms with Crippen LogP contribution in [-0.4, -0.2) is 45.2 Å². The van der Waals surface area contributed by atoms with Crippen molar-refractivity contribution in [1.82, 2.24) is 20.3 Å². The van der Waals surface area contributed by atoms with Gasteiger partial charge in [-0.15, -0.1) is 0 Å². The molecule has 2 N–H and O–H groups in total. The normalized spacial score (nSPS) is 20.5. The minimum atomic E-state index is -0.551. The van der Waals surface area contributed by atoms with E-state index >= 15 is 4.39 Å². The molecule has 2 fully saturated rings. The maximum absolute atomic E-state index is 15.7. The van der Waals surface area contributed by atoms with Crippen molar-refractivity contribution in [3.05, 3.63) is 53.7 Å². The summed E-state index contributed by atoms with van der Waals surface area (Å²) in [6, 6.07) is 9.26. The molecule has 0 aliphatic carbocycles. The van der Waals surface area contributed by atoms with E-state index in [4.69, 9.17) is 11.6 Å². The van der Waals surface area contributed by atoms with Crippen molar-refractivity contribution in [3.63, 3.8) is 0 Å². The first-order chi connectivity index (χ1) is 14.6. The van der Waals surface area contributed by atoms with E-state index in [0.29, 0.717) is 44.6 Å². The first-order valence-electron chi connectivity index (χ1n) is 9.82. The van der Waals surface area contributed by atoms with Gasteiger partial charge in [0.2, 0.25) is 0 Å². The molecule has 0 bridgehead atoms. The number of hydrogen-bond donors (Lipinski definition) is 2. The molecule has 0 spiro atoms. The van der Waals surface area contributed by atoms with Gasteiger partial charge in [0.25, 0.3) is 0 Å². The fraction of sp³-hybridized carbons (Fsp3) is 0.227. The standard InChI is InChI=1S/C22H17ClFN5O/c23-15-3-1-2-11-6-12(30)7-13(18(11)15)20-19(24)21-14(8-26-20)22(28-10-27-21)29-9-16-17(29)4-5-25-16/h1-3,6-8,10,16-17,25,30H,4-5,9H2/t16-,17-/m1/s1. The number of aromatic hydroxyl groups is 1. The van der Waals surface area contributed by atoms with Crippen molar-refractivity contribution in [1.29, 1.82) is 0 Å². The molecule has 2 aliphatic heterocycles. The summed E-state index contributed by atoms with van der Waals surface area (Å²) in [5.74, 6) is 0.177. The Hall–Kier alpha value is -3.03. The minimum Gasteiger partial charge on any atom is -0.508 e. The molecule has 0 amide bonds. The first-order valence-corrected chi connectivity index (χ1v) is 10.2. The van der Waals surface area contributed by atoms with Crippen LogP contribution in [0.15, 0.2) is 42.9 Å². The lowest BCUT2D eigenvalue weighted by Crippen LogP contribution is -2.61. The van der Waals surface area contributed by atoms with Crippen LogP contribution < -0.4 is 10.2 Å². The summed E-state index contributed by atoms with van der Waals surface area (Å²) in [6.45, 7) is 1.82. The Morgan fingerprint density at radius 2 is 2.10 bits per heavy atom. The van der Waals surface area contributed by atoms with E-state index in [1.54, 1.807) is 24.4 Å². The minimum absolute atomic E-state index is 0.0183. The Labute approximate surface area is 176 Å². The van der Waals surface area contributed by atoms with Crippen LogP contribution in [0.1, 0.15) is 6.42 Å². The van der Waals surface area contributed by atoms with E-state index in [-0.39, 0.29) is 17.0 Å². The van der Waals surface area contributed by atoms with Gasteiger partial charge < -0.3 is 15.3 Å². The van der Waals surface area contributed by atoms with E-state index in [1.165, 1.54) is 12.4 Å². The summed E-state index contributed by atoms with van der Waals surface area (Å²) in [6.07, 6.45) is 4.05. The number of halogens is 2. The molecule has 0 radical (unpaired) electrons. The number of pyridine rings is 1. The molecule has 4 aromatic rings. The average Bonchev–Trinajstić information content (AvgIpc) is 3.08. The van der Waals surface area contributed by atoms with Gasteiger partial charge in [-0.3, -0.25) is 4.98 Å². The Kier molecular flexibility index (Phi) is 3.85. The number of rotatable bonds is 2. The van der Waals surface area contributed by atoms with E-state index in [9.17, 15) is 5.11 Å². The highest BCUT2D eigenvalue weighted by Crippen LogP contribution is 2.40. The van der Waals surface area contributed by atoms with Crippen LogP contribution in [0.5, 0.6) is 5.75 Å². The highest BCUT2D eigenvalue weighted by atomic mass is 35.5. The van der Waals surface area contributed by atoms with Crippen LogP contribution >= 0.6 is 11.6 Å². The zero-order valence-corrected chi connectivity index (χ0v) is 16.6. The van der Waals surface area contributed by atoms with Gasteiger partial charge in [0.15, 0.2) is 5.82 Å². The third-order valence-electron chi connectivity index (χ3n) is 6.14. The van der Waals surface area contributed by atoms with E-state index < -0.39 is 5.82 Å². The number of fused-ring (bicyclic) bond motifs is 3. The summed E-state index contributed by atoms with van der Waals surface area (Å²) in [7, 11) is 0. The number of benzene rings is 2. The fourth-order valence-corrected chi connectivity index (χ4v) is 5.00. The molecule has 6 rings (SSSR count). The number of anilines is 1. The number of aromatic nitrogens is 3. The number of nitrogens with zero attached hydrogens (tertiary/aromatic N) is 4. The van der Waals surface area contributed by atoms with Gasteiger partial charge >= 0.3 is 0 Å². The predicted octanol–water partition coefficient (Wildman–Crippen LogP) is 3.89. The monoisotopic (exact) mass is 421 g/mol. The maximum atomic E-state index is 15.7. The van der Waals surface area contributed by atoms with Crippen LogP contribution in [0.3, 0.4) is 0 Å². The van der Waals surface area contributed by atoms with Crippen molar-refractivity contribution in [2.45, 2.75) is 18.5 Å². The number of phenols is 1. The van der Waals surface area contributed by atoms with Crippen LogP contribution in [-0.2, 0) is 0 Å². The second-order valence-corrected chi connectivity index (χ2v) is 8.19. The Morgan fingerprint density at radius 3 is 2.97 bits per heavy atom. The molecule has 150 valence electrons. The topological polar surface area (TPSA) is 74.2 Å². The van der Waals surface area contributed by atoms with Gasteiger partial charge in [-0.2, -0.15) is 0 Å². The third kappa shape index (κ3) is 2.49. The smallest absolute Gasteiger partial charge is 0.175 e. The van der Waals surface area contributed by atoms with Gasteiger partial charge in [0.1, 0.15) is 29.1 Å². The number of hydrogen-bond acceptors (Lipinski definition) is 6. The SMILES string of the molecule is Oc1cc(-c2ncc3c(N4C[C@H]5NCC[C@H]54)ncnc3c2F)c2c(Cl)cccc2c1. The van der Waals surface area contributed by atoms with E-state index in [1.807, 2.05) is 6.07 Å². The molecular formula is C22H17ClFN5O. The summed E-state index contributed by atoms with van der Waals surface area (Å²) < 4.78 is 15.7. The zero-order valence-electron chi connectivity index (χ0n) is 15.8. The molecule has 6 nitrogen and oxygen atoms in total. The molecule has 30 heavy (non-hydrogen) atoms. The van der Waals surface area contributed by atoms with Gasteiger partial charge in [0.05, 0.1) is 5.39 Å². The second kappa shape index (κ2) is 6.48. The molecular weight excluding hydrogens is 405 g/mol.